The number of benzene rings is 1. The minimum atomic E-state index is -0.637. The number of aryl methyl sites for hydroxylation is 1. The van der Waals surface area contributed by atoms with Crippen molar-refractivity contribution in [2.75, 3.05) is 20.3 Å². The summed E-state index contributed by atoms with van der Waals surface area (Å²) in [6, 6.07) is 9.21. The molecule has 0 amide bonds. The molecule has 0 N–H and O–H groups in total. The average molecular weight is 396 g/mol. The third kappa shape index (κ3) is 4.63. The highest BCUT2D eigenvalue weighted by Crippen LogP contribution is 2.21. The number of para-hydroxylation sites is 2. The number of ether oxygens (including phenoxy) is 2. The zero-order valence-electron chi connectivity index (χ0n) is 17.0. The maximum absolute atomic E-state index is 12.5. The van der Waals surface area contributed by atoms with Gasteiger partial charge in [0.25, 0.3) is 0 Å². The topological polar surface area (TPSA) is 83.6 Å². The SMILES string of the molecule is COC[C@H](C)n1c(C)cc(C(=O)COC(=O)/C=C/c2nc3ccccc3o2)c1C. The number of carbonyl (C=O) groups is 2. The summed E-state index contributed by atoms with van der Waals surface area (Å²) in [5.41, 5.74) is 3.66. The fraction of sp³-hybridized carbons (Fsp3) is 0.318. The van der Waals surface area contributed by atoms with E-state index in [4.69, 9.17) is 13.9 Å². The van der Waals surface area contributed by atoms with Gasteiger partial charge in [-0.2, -0.15) is 0 Å². The number of nitrogens with zero attached hydrogens (tertiary/aromatic N) is 2. The van der Waals surface area contributed by atoms with Gasteiger partial charge >= 0.3 is 5.97 Å². The molecule has 0 saturated heterocycles. The van der Waals surface area contributed by atoms with Crippen molar-refractivity contribution in [3.63, 3.8) is 0 Å². The largest absolute Gasteiger partial charge is 0.454 e. The summed E-state index contributed by atoms with van der Waals surface area (Å²) >= 11 is 0. The van der Waals surface area contributed by atoms with Gasteiger partial charge in [-0.15, -0.1) is 0 Å². The Hall–Kier alpha value is -3.19. The van der Waals surface area contributed by atoms with E-state index in [1.54, 1.807) is 13.2 Å². The maximum atomic E-state index is 12.5. The molecule has 0 aliphatic heterocycles. The molecule has 2 heterocycles. The van der Waals surface area contributed by atoms with Crippen molar-refractivity contribution in [3.8, 4) is 0 Å². The predicted octanol–water partition coefficient (Wildman–Crippen LogP) is 3.89. The molecular weight excluding hydrogens is 372 g/mol. The second kappa shape index (κ2) is 8.87. The summed E-state index contributed by atoms with van der Waals surface area (Å²) in [5, 5.41) is 0. The predicted molar refractivity (Wildman–Crippen MR) is 109 cm³/mol. The summed E-state index contributed by atoms with van der Waals surface area (Å²) < 4.78 is 17.8. The number of fused-ring (bicyclic) bond motifs is 1. The lowest BCUT2D eigenvalue weighted by molar-refractivity contribution is -0.136. The lowest BCUT2D eigenvalue weighted by Gasteiger charge is -2.17. The first-order valence-corrected chi connectivity index (χ1v) is 9.31. The second-order valence-electron chi connectivity index (χ2n) is 6.84. The van der Waals surface area contributed by atoms with Gasteiger partial charge < -0.3 is 18.5 Å². The Bertz CT molecular complexity index is 1030. The number of methoxy groups -OCH3 is 1. The molecule has 0 aliphatic rings. The molecule has 1 atom stereocenters. The number of Topliss-reactive ketones (excluding diaryl/α,β-unsaturated/α-hetero) is 1. The van der Waals surface area contributed by atoms with Crippen LogP contribution >= 0.6 is 0 Å². The lowest BCUT2D eigenvalue weighted by Crippen LogP contribution is -2.16. The highest BCUT2D eigenvalue weighted by atomic mass is 16.5. The first-order chi connectivity index (χ1) is 13.9. The maximum Gasteiger partial charge on any atom is 0.331 e. The van der Waals surface area contributed by atoms with Gasteiger partial charge in [0.1, 0.15) is 5.52 Å². The summed E-state index contributed by atoms with van der Waals surface area (Å²) in [4.78, 5) is 28.7. The molecular formula is C22H24N2O5. The van der Waals surface area contributed by atoms with Gasteiger partial charge in [0.15, 0.2) is 12.2 Å². The first kappa shape index (κ1) is 20.5. The summed E-state index contributed by atoms with van der Waals surface area (Å²) in [7, 11) is 1.64. The third-order valence-corrected chi connectivity index (χ3v) is 4.65. The average Bonchev–Trinajstić information content (AvgIpc) is 3.24. The van der Waals surface area contributed by atoms with Crippen molar-refractivity contribution >= 4 is 28.9 Å². The normalized spacial score (nSPS) is 12.6. The minimum Gasteiger partial charge on any atom is -0.454 e. The molecule has 152 valence electrons. The van der Waals surface area contributed by atoms with Crippen molar-refractivity contribution in [1.29, 1.82) is 0 Å². The van der Waals surface area contributed by atoms with Crippen LogP contribution < -0.4 is 0 Å². The molecule has 3 aromatic rings. The fourth-order valence-electron chi connectivity index (χ4n) is 3.42. The van der Waals surface area contributed by atoms with Crippen LogP contribution in [0.5, 0.6) is 0 Å². The molecule has 0 unspecified atom stereocenters. The molecule has 0 radical (unpaired) electrons. The number of ketones is 1. The zero-order chi connectivity index (χ0) is 21.0. The molecule has 0 fully saturated rings. The third-order valence-electron chi connectivity index (χ3n) is 4.65. The Morgan fingerprint density at radius 3 is 2.76 bits per heavy atom. The first-order valence-electron chi connectivity index (χ1n) is 9.31. The van der Waals surface area contributed by atoms with E-state index in [-0.39, 0.29) is 18.4 Å². The number of hydrogen-bond acceptors (Lipinski definition) is 6. The van der Waals surface area contributed by atoms with E-state index < -0.39 is 5.97 Å². The van der Waals surface area contributed by atoms with Crippen LogP contribution in [0.4, 0.5) is 0 Å². The summed E-state index contributed by atoms with van der Waals surface area (Å²) in [5.74, 6) is -0.593. The Morgan fingerprint density at radius 1 is 1.28 bits per heavy atom. The number of rotatable bonds is 8. The summed E-state index contributed by atoms with van der Waals surface area (Å²) in [6.45, 7) is 6.04. The monoisotopic (exact) mass is 396 g/mol. The van der Waals surface area contributed by atoms with Gasteiger partial charge in [0, 0.05) is 36.2 Å². The number of aromatic nitrogens is 2. The van der Waals surface area contributed by atoms with Gasteiger partial charge in [-0.25, -0.2) is 9.78 Å². The van der Waals surface area contributed by atoms with Crippen molar-refractivity contribution in [2.45, 2.75) is 26.8 Å². The molecule has 0 aliphatic carbocycles. The Balaban J connectivity index is 1.61. The van der Waals surface area contributed by atoms with E-state index in [1.807, 2.05) is 49.6 Å². The fourth-order valence-corrected chi connectivity index (χ4v) is 3.42. The number of oxazole rings is 1. The highest BCUT2D eigenvalue weighted by Gasteiger charge is 2.19. The van der Waals surface area contributed by atoms with E-state index in [1.165, 1.54) is 12.2 Å². The second-order valence-corrected chi connectivity index (χ2v) is 6.84. The van der Waals surface area contributed by atoms with E-state index in [2.05, 4.69) is 4.98 Å². The van der Waals surface area contributed by atoms with E-state index >= 15 is 0 Å². The highest BCUT2D eigenvalue weighted by molar-refractivity contribution is 6.00. The standard InChI is InChI=1S/C22H24N2O5/c1-14-11-17(16(3)24(14)15(2)12-27-4)19(25)13-28-22(26)10-9-21-23-18-7-5-6-8-20(18)29-21/h5-11,15H,12-13H2,1-4H3/b10-9+/t15-/m0/s1. The van der Waals surface area contributed by atoms with Gasteiger partial charge in [0.05, 0.1) is 12.6 Å². The molecule has 0 bridgehead atoms. The van der Waals surface area contributed by atoms with Crippen LogP contribution in [0.15, 0.2) is 40.8 Å². The Morgan fingerprint density at radius 2 is 2.03 bits per heavy atom. The zero-order valence-corrected chi connectivity index (χ0v) is 17.0. The smallest absolute Gasteiger partial charge is 0.331 e. The van der Waals surface area contributed by atoms with Crippen LogP contribution in [-0.4, -0.2) is 41.6 Å². The summed E-state index contributed by atoms with van der Waals surface area (Å²) in [6.07, 6.45) is 2.62. The van der Waals surface area contributed by atoms with Gasteiger partial charge in [0.2, 0.25) is 11.7 Å². The minimum absolute atomic E-state index is 0.100. The van der Waals surface area contributed by atoms with Gasteiger partial charge in [-0.05, 0) is 39.0 Å². The lowest BCUT2D eigenvalue weighted by atomic mass is 10.1. The quantitative estimate of drug-likeness (QED) is 0.326. The molecule has 1 aromatic carbocycles. The molecule has 29 heavy (non-hydrogen) atoms. The van der Waals surface area contributed by atoms with E-state index in [9.17, 15) is 9.59 Å². The molecule has 7 heteroatoms. The van der Waals surface area contributed by atoms with Gasteiger partial charge in [-0.1, -0.05) is 12.1 Å². The van der Waals surface area contributed by atoms with Crippen LogP contribution in [-0.2, 0) is 14.3 Å². The van der Waals surface area contributed by atoms with Crippen molar-refractivity contribution < 1.29 is 23.5 Å². The Kier molecular flexibility index (Phi) is 6.29. The molecule has 3 rings (SSSR count). The van der Waals surface area contributed by atoms with Crippen LogP contribution in [0.2, 0.25) is 0 Å². The number of hydrogen-bond donors (Lipinski definition) is 0. The van der Waals surface area contributed by atoms with Crippen molar-refractivity contribution in [3.05, 3.63) is 59.2 Å². The van der Waals surface area contributed by atoms with Crippen LogP contribution in [0.1, 0.15) is 40.6 Å². The number of esters is 1. The van der Waals surface area contributed by atoms with Crippen LogP contribution in [0.25, 0.3) is 17.2 Å². The van der Waals surface area contributed by atoms with E-state index in [0.29, 0.717) is 29.2 Å². The van der Waals surface area contributed by atoms with Crippen LogP contribution in [0, 0.1) is 13.8 Å². The molecule has 0 spiro atoms. The molecule has 7 nitrogen and oxygen atoms in total. The number of carbonyl (C=O) groups excluding carboxylic acids is 2. The van der Waals surface area contributed by atoms with Crippen molar-refractivity contribution in [2.24, 2.45) is 0 Å². The van der Waals surface area contributed by atoms with Crippen molar-refractivity contribution in [1.82, 2.24) is 9.55 Å². The van der Waals surface area contributed by atoms with E-state index in [0.717, 1.165) is 11.4 Å². The van der Waals surface area contributed by atoms with Crippen LogP contribution in [0.3, 0.4) is 0 Å². The van der Waals surface area contributed by atoms with Gasteiger partial charge in [-0.3, -0.25) is 4.79 Å². The molecule has 2 aromatic heterocycles. The Labute approximate surface area is 168 Å². The molecule has 0 saturated carbocycles.